The average molecular weight is 357 g/mol. The van der Waals surface area contributed by atoms with Crippen LogP contribution in [-0.2, 0) is 4.74 Å². The van der Waals surface area contributed by atoms with Gasteiger partial charge in [0, 0.05) is 19.3 Å². The van der Waals surface area contributed by atoms with Crippen molar-refractivity contribution in [3.8, 4) is 5.69 Å². The highest BCUT2D eigenvalue weighted by atomic mass is 19.1. The Labute approximate surface area is 146 Å². The molecule has 1 aromatic carbocycles. The first-order valence-corrected chi connectivity index (χ1v) is 8.25. The molecule has 1 fully saturated rings. The smallest absolute Gasteiger partial charge is 0.334 e. The third-order valence-electron chi connectivity index (χ3n) is 4.25. The third kappa shape index (κ3) is 3.08. The van der Waals surface area contributed by atoms with Gasteiger partial charge in [-0.1, -0.05) is 0 Å². The van der Waals surface area contributed by atoms with Gasteiger partial charge in [0.1, 0.15) is 11.2 Å². The first kappa shape index (κ1) is 16.4. The highest BCUT2D eigenvalue weighted by molar-refractivity contribution is 5.73. The van der Waals surface area contributed by atoms with Gasteiger partial charge in [0.2, 0.25) is 5.95 Å². The van der Waals surface area contributed by atoms with E-state index >= 15 is 0 Å². The minimum absolute atomic E-state index is 0.111. The van der Waals surface area contributed by atoms with Crippen LogP contribution >= 0.6 is 0 Å². The molecular weight excluding hydrogens is 341 g/mol. The topological polar surface area (TPSA) is 102 Å². The average Bonchev–Trinajstić information content (AvgIpc) is 3.15. The zero-order valence-corrected chi connectivity index (χ0v) is 13.7. The number of fused-ring (bicyclic) bond motifs is 1. The van der Waals surface area contributed by atoms with Crippen LogP contribution < -0.4 is 16.6 Å². The van der Waals surface area contributed by atoms with Gasteiger partial charge in [-0.05, 0) is 37.1 Å². The predicted octanol–water partition coefficient (Wildman–Crippen LogP) is 1.20. The molecule has 1 atom stereocenters. The molecule has 0 unspecified atom stereocenters. The second-order valence-corrected chi connectivity index (χ2v) is 6.02. The number of ether oxygens (including phenoxy) is 1. The van der Waals surface area contributed by atoms with E-state index in [9.17, 15) is 14.0 Å². The maximum atomic E-state index is 13.1. The molecule has 134 valence electrons. The lowest BCUT2D eigenvalue weighted by atomic mass is 10.2. The second kappa shape index (κ2) is 6.68. The molecule has 0 aliphatic carbocycles. The molecule has 1 saturated heterocycles. The largest absolute Gasteiger partial charge is 0.376 e. The number of hydrogen-bond acceptors (Lipinski definition) is 6. The fourth-order valence-electron chi connectivity index (χ4n) is 2.92. The van der Waals surface area contributed by atoms with E-state index in [1.54, 1.807) is 0 Å². The molecule has 1 aliphatic heterocycles. The number of H-pyrrole nitrogens is 1. The molecule has 0 saturated carbocycles. The minimum atomic E-state index is -0.655. The van der Waals surface area contributed by atoms with E-state index in [0.29, 0.717) is 12.5 Å². The molecule has 0 bridgehead atoms. The van der Waals surface area contributed by atoms with Gasteiger partial charge in [0.25, 0.3) is 5.56 Å². The van der Waals surface area contributed by atoms with Gasteiger partial charge in [-0.3, -0.25) is 9.78 Å². The van der Waals surface area contributed by atoms with Gasteiger partial charge in [-0.25, -0.2) is 18.7 Å². The summed E-state index contributed by atoms with van der Waals surface area (Å²) < 4.78 is 19.5. The molecule has 26 heavy (non-hydrogen) atoms. The number of hydrogen-bond donors (Lipinski definition) is 2. The number of anilines is 1. The van der Waals surface area contributed by atoms with Gasteiger partial charge in [0.15, 0.2) is 5.65 Å². The lowest BCUT2D eigenvalue weighted by molar-refractivity contribution is 0.120. The van der Waals surface area contributed by atoms with Crippen molar-refractivity contribution in [1.29, 1.82) is 0 Å². The Morgan fingerprint density at radius 2 is 2.12 bits per heavy atom. The molecule has 9 heteroatoms. The molecule has 4 rings (SSSR count). The summed E-state index contributed by atoms with van der Waals surface area (Å²) in [5.74, 6) is -0.146. The van der Waals surface area contributed by atoms with Crippen LogP contribution in [0.5, 0.6) is 0 Å². The van der Waals surface area contributed by atoms with Gasteiger partial charge < -0.3 is 10.1 Å². The molecule has 3 heterocycles. The van der Waals surface area contributed by atoms with E-state index < -0.39 is 17.1 Å². The molecule has 3 aromatic rings. The van der Waals surface area contributed by atoms with E-state index in [-0.39, 0.29) is 22.8 Å². The van der Waals surface area contributed by atoms with Crippen LogP contribution in [0.1, 0.15) is 12.8 Å². The monoisotopic (exact) mass is 357 g/mol. The first-order chi connectivity index (χ1) is 12.6. The highest BCUT2D eigenvalue weighted by Crippen LogP contribution is 2.13. The summed E-state index contributed by atoms with van der Waals surface area (Å²) in [6.07, 6.45) is 3.47. The fourth-order valence-corrected chi connectivity index (χ4v) is 2.92. The van der Waals surface area contributed by atoms with Crippen molar-refractivity contribution in [2.75, 3.05) is 18.5 Å². The van der Waals surface area contributed by atoms with Crippen molar-refractivity contribution in [3.63, 3.8) is 0 Å². The van der Waals surface area contributed by atoms with E-state index in [1.807, 2.05) is 0 Å². The lowest BCUT2D eigenvalue weighted by Gasteiger charge is -2.11. The molecule has 1 aliphatic rings. The van der Waals surface area contributed by atoms with Crippen LogP contribution in [0.4, 0.5) is 10.3 Å². The Kier molecular flexibility index (Phi) is 4.21. The van der Waals surface area contributed by atoms with Crippen LogP contribution in [0.25, 0.3) is 16.7 Å². The van der Waals surface area contributed by atoms with Crippen LogP contribution in [0.2, 0.25) is 0 Å². The Morgan fingerprint density at radius 3 is 2.85 bits per heavy atom. The molecule has 2 N–H and O–H groups in total. The van der Waals surface area contributed by atoms with Crippen LogP contribution in [-0.4, -0.2) is 38.8 Å². The Balaban J connectivity index is 1.69. The molecule has 2 aromatic heterocycles. The summed E-state index contributed by atoms with van der Waals surface area (Å²) in [5.41, 5.74) is -0.817. The summed E-state index contributed by atoms with van der Waals surface area (Å²) in [6.45, 7) is 1.31. The van der Waals surface area contributed by atoms with Crippen molar-refractivity contribution in [3.05, 3.63) is 57.1 Å². The molecular formula is C17H16FN5O3. The van der Waals surface area contributed by atoms with E-state index in [1.165, 1.54) is 30.5 Å². The van der Waals surface area contributed by atoms with E-state index in [2.05, 4.69) is 20.3 Å². The Morgan fingerprint density at radius 1 is 1.31 bits per heavy atom. The maximum absolute atomic E-state index is 13.1. The van der Waals surface area contributed by atoms with Crippen molar-refractivity contribution in [2.45, 2.75) is 18.9 Å². The van der Waals surface area contributed by atoms with Gasteiger partial charge in [0.05, 0.1) is 11.8 Å². The minimum Gasteiger partial charge on any atom is -0.376 e. The SMILES string of the molecule is O=c1[nH]c2nc(NC[C@@H]3CCCO3)ncc2c(=O)n1-c1ccc(F)cc1. The highest BCUT2D eigenvalue weighted by Gasteiger charge is 2.16. The van der Waals surface area contributed by atoms with Crippen LogP contribution in [0.15, 0.2) is 40.1 Å². The summed E-state index contributed by atoms with van der Waals surface area (Å²) in [7, 11) is 0. The van der Waals surface area contributed by atoms with Gasteiger partial charge >= 0.3 is 5.69 Å². The van der Waals surface area contributed by atoms with Crippen LogP contribution in [0.3, 0.4) is 0 Å². The molecule has 0 amide bonds. The number of nitrogens with zero attached hydrogens (tertiary/aromatic N) is 3. The zero-order valence-electron chi connectivity index (χ0n) is 13.7. The third-order valence-corrected chi connectivity index (χ3v) is 4.25. The van der Waals surface area contributed by atoms with E-state index in [0.717, 1.165) is 24.0 Å². The van der Waals surface area contributed by atoms with Gasteiger partial charge in [-0.15, -0.1) is 0 Å². The lowest BCUT2D eigenvalue weighted by Crippen LogP contribution is -2.34. The number of nitrogens with one attached hydrogen (secondary N) is 2. The van der Waals surface area contributed by atoms with Crippen molar-refractivity contribution in [1.82, 2.24) is 19.5 Å². The maximum Gasteiger partial charge on any atom is 0.334 e. The van der Waals surface area contributed by atoms with Crippen molar-refractivity contribution in [2.24, 2.45) is 0 Å². The normalized spacial score (nSPS) is 16.9. The Hall–Kier alpha value is -3.07. The summed E-state index contributed by atoms with van der Waals surface area (Å²) in [4.78, 5) is 35.9. The molecule has 0 radical (unpaired) electrons. The fraction of sp³-hybridized carbons (Fsp3) is 0.294. The quantitative estimate of drug-likeness (QED) is 0.727. The first-order valence-electron chi connectivity index (χ1n) is 8.25. The number of halogens is 1. The zero-order chi connectivity index (χ0) is 18.1. The van der Waals surface area contributed by atoms with Crippen molar-refractivity contribution < 1.29 is 9.13 Å². The standard InChI is InChI=1S/C17H16FN5O3/c18-10-3-5-11(6-4-10)23-15(24)13-9-20-16(21-14(13)22-17(23)25)19-8-12-2-1-7-26-12/h3-6,9,12H,1-2,7-8H2,(H2,19,20,21,22,25)/t12-/m0/s1. The number of benzene rings is 1. The Bertz CT molecular complexity index is 1050. The van der Waals surface area contributed by atoms with Gasteiger partial charge in [-0.2, -0.15) is 4.98 Å². The van der Waals surface area contributed by atoms with Crippen LogP contribution in [0, 0.1) is 5.82 Å². The molecule has 8 nitrogen and oxygen atoms in total. The number of rotatable bonds is 4. The second-order valence-electron chi connectivity index (χ2n) is 6.02. The summed E-state index contributed by atoms with van der Waals surface area (Å²) >= 11 is 0. The van der Waals surface area contributed by atoms with E-state index in [4.69, 9.17) is 4.74 Å². The van der Waals surface area contributed by atoms with Crippen molar-refractivity contribution >= 4 is 17.0 Å². The molecule has 0 spiro atoms. The summed E-state index contributed by atoms with van der Waals surface area (Å²) in [5, 5.41) is 3.21. The number of aromatic amines is 1. The summed E-state index contributed by atoms with van der Waals surface area (Å²) in [6, 6.07) is 5.08. The predicted molar refractivity (Wildman–Crippen MR) is 93.2 cm³/mol. The number of aromatic nitrogens is 4.